The number of benzene rings is 1. The summed E-state index contributed by atoms with van der Waals surface area (Å²) in [5.74, 6) is 0.0746. The summed E-state index contributed by atoms with van der Waals surface area (Å²) in [4.78, 5) is 16.1. The summed E-state index contributed by atoms with van der Waals surface area (Å²) in [5.41, 5.74) is 6.30. The van der Waals surface area contributed by atoms with Crippen LogP contribution in [0.4, 0.5) is 5.69 Å². The summed E-state index contributed by atoms with van der Waals surface area (Å²) in [7, 11) is 1.74. The molecule has 1 heterocycles. The lowest BCUT2D eigenvalue weighted by molar-refractivity contribution is 0.102. The fraction of sp³-hybridized carbons (Fsp3) is 0.0909. The van der Waals surface area contributed by atoms with E-state index in [1.165, 1.54) is 12.1 Å². The van der Waals surface area contributed by atoms with Crippen molar-refractivity contribution in [2.75, 3.05) is 5.73 Å². The first kappa shape index (κ1) is 12.0. The number of carbonyl (C=O) groups excluding carboxylic acids is 1. The lowest BCUT2D eigenvalue weighted by Crippen LogP contribution is -2.09. The van der Waals surface area contributed by atoms with Gasteiger partial charge in [0.1, 0.15) is 0 Å². The van der Waals surface area contributed by atoms with Crippen LogP contribution in [0.5, 0.6) is 0 Å². The third kappa shape index (κ3) is 2.14. The van der Waals surface area contributed by atoms with Crippen molar-refractivity contribution in [1.82, 2.24) is 9.55 Å². The monoisotopic (exact) mass is 269 g/mol. The van der Waals surface area contributed by atoms with Crippen molar-refractivity contribution in [3.8, 4) is 0 Å². The summed E-state index contributed by atoms with van der Waals surface area (Å²) in [6.45, 7) is 0. The second-order valence-corrected chi connectivity index (χ2v) is 4.34. The molecule has 6 heteroatoms. The molecule has 17 heavy (non-hydrogen) atoms. The van der Waals surface area contributed by atoms with E-state index in [1.54, 1.807) is 24.0 Å². The van der Waals surface area contributed by atoms with E-state index in [0.29, 0.717) is 11.4 Å². The molecule has 2 aromatic rings. The number of hydrogen-bond donors (Lipinski definition) is 1. The van der Waals surface area contributed by atoms with E-state index in [4.69, 9.17) is 28.9 Å². The van der Waals surface area contributed by atoms with Gasteiger partial charge in [-0.15, -0.1) is 0 Å². The van der Waals surface area contributed by atoms with Crippen molar-refractivity contribution in [3.05, 3.63) is 46.0 Å². The number of aromatic nitrogens is 2. The second-order valence-electron chi connectivity index (χ2n) is 3.55. The lowest BCUT2D eigenvalue weighted by Gasteiger charge is -2.05. The minimum atomic E-state index is -0.247. The van der Waals surface area contributed by atoms with Crippen LogP contribution < -0.4 is 5.73 Å². The first-order valence-corrected chi connectivity index (χ1v) is 5.53. The van der Waals surface area contributed by atoms with Crippen molar-refractivity contribution in [1.29, 1.82) is 0 Å². The molecule has 0 radical (unpaired) electrons. The Bertz CT molecular complexity index is 569. The molecule has 1 aromatic carbocycles. The van der Waals surface area contributed by atoms with Crippen molar-refractivity contribution >= 4 is 34.7 Å². The molecule has 2 rings (SSSR count). The first-order chi connectivity index (χ1) is 8.00. The molecule has 0 aliphatic rings. The minimum absolute atomic E-state index is 0.247. The van der Waals surface area contributed by atoms with Gasteiger partial charge in [-0.05, 0) is 12.1 Å². The predicted molar refractivity (Wildman–Crippen MR) is 67.5 cm³/mol. The van der Waals surface area contributed by atoms with Crippen LogP contribution in [0, 0.1) is 0 Å². The van der Waals surface area contributed by atoms with Gasteiger partial charge in [-0.3, -0.25) is 4.79 Å². The number of rotatable bonds is 2. The van der Waals surface area contributed by atoms with E-state index in [-0.39, 0.29) is 21.5 Å². The Balaban J connectivity index is 2.49. The molecule has 88 valence electrons. The van der Waals surface area contributed by atoms with Crippen LogP contribution in [0.3, 0.4) is 0 Å². The third-order valence-corrected chi connectivity index (χ3v) is 3.16. The molecule has 2 N–H and O–H groups in total. The number of nitrogen functional groups attached to an aromatic ring is 1. The van der Waals surface area contributed by atoms with Gasteiger partial charge in [0.05, 0.1) is 15.7 Å². The highest BCUT2D eigenvalue weighted by Crippen LogP contribution is 2.30. The van der Waals surface area contributed by atoms with Gasteiger partial charge in [-0.1, -0.05) is 23.2 Å². The van der Waals surface area contributed by atoms with E-state index in [9.17, 15) is 4.79 Å². The number of imidazole rings is 1. The fourth-order valence-corrected chi connectivity index (χ4v) is 1.79. The number of nitrogens with two attached hydrogens (primary N) is 1. The standard InChI is InChI=1S/C11H9Cl2N3O/c1-16-3-2-15-11(16)10(17)6-4-7(12)9(13)8(14)5-6/h2-5H,14H2,1H3. The molecule has 0 aliphatic heterocycles. The molecule has 0 unspecified atom stereocenters. The molecule has 0 amide bonds. The Morgan fingerprint density at radius 1 is 1.41 bits per heavy atom. The largest absolute Gasteiger partial charge is 0.397 e. The summed E-state index contributed by atoms with van der Waals surface area (Å²) >= 11 is 11.7. The maximum absolute atomic E-state index is 12.1. The van der Waals surface area contributed by atoms with Crippen molar-refractivity contribution in [2.45, 2.75) is 0 Å². The molecular weight excluding hydrogens is 261 g/mol. The van der Waals surface area contributed by atoms with Crippen LogP contribution in [-0.4, -0.2) is 15.3 Å². The van der Waals surface area contributed by atoms with Crippen LogP contribution >= 0.6 is 23.2 Å². The van der Waals surface area contributed by atoms with Crippen LogP contribution in [-0.2, 0) is 7.05 Å². The second kappa shape index (κ2) is 4.39. The summed E-state index contributed by atoms with van der Waals surface area (Å²) < 4.78 is 1.63. The summed E-state index contributed by atoms with van der Waals surface area (Å²) in [6, 6.07) is 2.97. The molecular formula is C11H9Cl2N3O. The van der Waals surface area contributed by atoms with Crippen LogP contribution in [0.25, 0.3) is 0 Å². The quantitative estimate of drug-likeness (QED) is 0.673. The number of nitrogens with zero attached hydrogens (tertiary/aromatic N) is 2. The molecule has 1 aromatic heterocycles. The maximum atomic E-state index is 12.1. The molecule has 0 saturated carbocycles. The number of halogens is 2. The zero-order valence-corrected chi connectivity index (χ0v) is 10.5. The minimum Gasteiger partial charge on any atom is -0.397 e. The predicted octanol–water partition coefficient (Wildman–Crippen LogP) is 2.54. The topological polar surface area (TPSA) is 60.9 Å². The van der Waals surface area contributed by atoms with Gasteiger partial charge in [0, 0.05) is 25.0 Å². The molecule has 0 fully saturated rings. The molecule has 0 atom stereocenters. The Morgan fingerprint density at radius 3 is 2.65 bits per heavy atom. The molecule has 0 saturated heterocycles. The maximum Gasteiger partial charge on any atom is 0.228 e. The highest BCUT2D eigenvalue weighted by Gasteiger charge is 2.16. The number of ketones is 1. The normalized spacial score (nSPS) is 10.5. The van der Waals surface area contributed by atoms with Gasteiger partial charge in [-0.2, -0.15) is 0 Å². The Labute approximate surface area is 108 Å². The van der Waals surface area contributed by atoms with Crippen LogP contribution in [0.15, 0.2) is 24.5 Å². The molecule has 0 bridgehead atoms. The van der Waals surface area contributed by atoms with Crippen molar-refractivity contribution in [3.63, 3.8) is 0 Å². The van der Waals surface area contributed by atoms with Crippen molar-refractivity contribution in [2.24, 2.45) is 7.05 Å². The van der Waals surface area contributed by atoms with Gasteiger partial charge in [0.25, 0.3) is 0 Å². The van der Waals surface area contributed by atoms with E-state index in [1.807, 2.05) is 0 Å². The molecule has 0 spiro atoms. The number of aryl methyl sites for hydroxylation is 1. The smallest absolute Gasteiger partial charge is 0.228 e. The van der Waals surface area contributed by atoms with Crippen molar-refractivity contribution < 1.29 is 4.79 Å². The highest BCUT2D eigenvalue weighted by molar-refractivity contribution is 6.44. The molecule has 4 nitrogen and oxygen atoms in total. The summed E-state index contributed by atoms with van der Waals surface area (Å²) in [6.07, 6.45) is 3.24. The van der Waals surface area contributed by atoms with Crippen LogP contribution in [0.1, 0.15) is 16.2 Å². The zero-order chi connectivity index (χ0) is 12.6. The van der Waals surface area contributed by atoms with Gasteiger partial charge < -0.3 is 10.3 Å². The highest BCUT2D eigenvalue weighted by atomic mass is 35.5. The summed E-state index contributed by atoms with van der Waals surface area (Å²) in [5, 5.41) is 0.507. The Kier molecular flexibility index (Phi) is 3.09. The van der Waals surface area contributed by atoms with Gasteiger partial charge in [0.15, 0.2) is 5.82 Å². The molecule has 0 aliphatic carbocycles. The Hall–Kier alpha value is -1.52. The van der Waals surface area contributed by atoms with E-state index >= 15 is 0 Å². The average molecular weight is 270 g/mol. The lowest BCUT2D eigenvalue weighted by atomic mass is 10.1. The van der Waals surface area contributed by atoms with Gasteiger partial charge in [-0.25, -0.2) is 4.98 Å². The number of hydrogen-bond acceptors (Lipinski definition) is 3. The average Bonchev–Trinajstić information content (AvgIpc) is 2.70. The van der Waals surface area contributed by atoms with Crippen LogP contribution in [0.2, 0.25) is 10.0 Å². The van der Waals surface area contributed by atoms with E-state index in [2.05, 4.69) is 4.98 Å². The zero-order valence-electron chi connectivity index (χ0n) is 8.95. The van der Waals surface area contributed by atoms with E-state index < -0.39 is 0 Å². The van der Waals surface area contributed by atoms with Gasteiger partial charge >= 0.3 is 0 Å². The third-order valence-electron chi connectivity index (χ3n) is 2.34. The SMILES string of the molecule is Cn1ccnc1C(=O)c1cc(N)c(Cl)c(Cl)c1. The fourth-order valence-electron chi connectivity index (χ4n) is 1.45. The van der Waals surface area contributed by atoms with E-state index in [0.717, 1.165) is 0 Å². The Morgan fingerprint density at radius 2 is 2.12 bits per heavy atom. The first-order valence-electron chi connectivity index (χ1n) is 4.77. The van der Waals surface area contributed by atoms with Gasteiger partial charge in [0.2, 0.25) is 5.78 Å². The number of anilines is 1. The number of carbonyl (C=O) groups is 1.